The molecule has 3 aromatic rings. The number of aliphatic carboxylic acids is 1. The number of hydrogen-bond donors (Lipinski definition) is 9. The van der Waals surface area contributed by atoms with Crippen molar-refractivity contribution in [1.29, 1.82) is 0 Å². The van der Waals surface area contributed by atoms with Crippen LogP contribution < -0.4 is 16.7 Å². The lowest BCUT2D eigenvalue weighted by Crippen LogP contribution is -2.67. The summed E-state index contributed by atoms with van der Waals surface area (Å²) < 4.78 is 35.9. The summed E-state index contributed by atoms with van der Waals surface area (Å²) in [6.45, 7) is -0.402. The van der Waals surface area contributed by atoms with Crippen molar-refractivity contribution in [3.63, 3.8) is 0 Å². The molecule has 2 saturated heterocycles. The Kier molecular flexibility index (Phi) is 11.3. The smallest absolute Gasteiger partial charge is 0.475 e. The number of ether oxygens (including phenoxy) is 2. The number of nitrogen functional groups attached to an aromatic ring is 1. The SMILES string of the molecule is CC(=O)N[C@H]1[C@H]([C@H](O)[C@H](O)Cn2cc(-c3ccccc3)nn2)O[C@](OP(=O)(O)OC[C@H]2O[C@@H](n3ccc(N)nc3=O)[C@H](O)[C@@H]2O)(C(=O)O)C[C@@H]1O. The number of aromatic nitrogens is 5. The van der Waals surface area contributed by atoms with Gasteiger partial charge in [0.25, 0.3) is 5.79 Å². The zero-order valence-electron chi connectivity index (χ0n) is 26.6. The summed E-state index contributed by atoms with van der Waals surface area (Å²) in [6, 6.07) is 8.49. The van der Waals surface area contributed by atoms with Gasteiger partial charge in [-0.3, -0.25) is 13.9 Å². The molecule has 2 aliphatic rings. The van der Waals surface area contributed by atoms with Gasteiger partial charge in [-0.1, -0.05) is 35.5 Å². The van der Waals surface area contributed by atoms with Crippen LogP contribution >= 0.6 is 7.82 Å². The third kappa shape index (κ3) is 8.48. The molecule has 2 aromatic heterocycles. The van der Waals surface area contributed by atoms with Gasteiger partial charge in [-0.05, 0) is 6.07 Å². The maximum atomic E-state index is 13.1. The molecule has 4 heterocycles. The minimum absolute atomic E-state index is 0.134. The fourth-order valence-corrected chi connectivity index (χ4v) is 6.59. The van der Waals surface area contributed by atoms with E-state index in [2.05, 4.69) is 20.6 Å². The van der Waals surface area contributed by atoms with Crippen molar-refractivity contribution < 1.29 is 68.2 Å². The van der Waals surface area contributed by atoms with Gasteiger partial charge in [-0.15, -0.1) is 5.10 Å². The third-order valence-electron chi connectivity index (χ3n) is 8.11. The standard InChI is InChI=1S/C28H36N7O15P/c1-13(36)30-20-16(37)9-28(26(42)43,49-24(20)21(39)17(38)11-34-10-15(32-33-34)14-5-3-2-4-6-14)50-51(45,46)47-12-18-22(40)23(41)25(48-18)35-8-7-19(29)31-27(35)44/h2-8,10,16-18,20-25,37-41H,9,11-12H2,1H3,(H,30,36)(H,42,43)(H,45,46)(H2,29,31,44)/t16-,17+,18+,20+,21+,22+,23+,24+,25+,28+/m0/s1. The van der Waals surface area contributed by atoms with E-state index in [0.717, 1.165) is 17.7 Å². The monoisotopic (exact) mass is 741 g/mol. The van der Waals surface area contributed by atoms with E-state index in [9.17, 15) is 54.5 Å². The Morgan fingerprint density at radius 2 is 1.88 bits per heavy atom. The predicted octanol–water partition coefficient (Wildman–Crippen LogP) is -3.31. The number of carboxylic acids is 1. The van der Waals surface area contributed by atoms with Crippen LogP contribution in [-0.4, -0.2) is 133 Å². The van der Waals surface area contributed by atoms with E-state index in [1.54, 1.807) is 30.3 Å². The number of phosphoric acid groups is 1. The molecule has 0 saturated carbocycles. The molecule has 11 atom stereocenters. The van der Waals surface area contributed by atoms with E-state index in [0.29, 0.717) is 11.3 Å². The van der Waals surface area contributed by atoms with Crippen molar-refractivity contribution in [3.05, 3.63) is 59.3 Å². The third-order valence-corrected chi connectivity index (χ3v) is 9.11. The van der Waals surface area contributed by atoms with E-state index in [-0.39, 0.29) is 5.82 Å². The van der Waals surface area contributed by atoms with Crippen LogP contribution in [0.25, 0.3) is 11.3 Å². The second kappa shape index (κ2) is 15.2. The number of carbonyl (C=O) groups excluding carboxylic acids is 1. The Morgan fingerprint density at radius 1 is 1.18 bits per heavy atom. The van der Waals surface area contributed by atoms with Crippen LogP contribution in [0.1, 0.15) is 19.6 Å². The summed E-state index contributed by atoms with van der Waals surface area (Å²) in [5, 5.41) is 74.4. The van der Waals surface area contributed by atoms with E-state index in [1.165, 1.54) is 16.9 Å². The van der Waals surface area contributed by atoms with Crippen LogP contribution in [0.2, 0.25) is 0 Å². The molecule has 0 aliphatic carbocycles. The van der Waals surface area contributed by atoms with E-state index >= 15 is 0 Å². The van der Waals surface area contributed by atoms with Crippen molar-refractivity contribution in [2.75, 3.05) is 12.3 Å². The molecule has 1 unspecified atom stereocenters. The zero-order valence-corrected chi connectivity index (χ0v) is 27.5. The van der Waals surface area contributed by atoms with Gasteiger partial charge in [0, 0.05) is 25.1 Å². The number of aliphatic hydroxyl groups is 5. The largest absolute Gasteiger partial charge is 0.477 e. The molecule has 1 amide bonds. The van der Waals surface area contributed by atoms with Gasteiger partial charge in [0.2, 0.25) is 5.91 Å². The summed E-state index contributed by atoms with van der Waals surface area (Å²) in [5.74, 6) is -6.17. The van der Waals surface area contributed by atoms with Crippen molar-refractivity contribution in [2.24, 2.45) is 0 Å². The molecule has 1 aromatic carbocycles. The number of hydrogen-bond acceptors (Lipinski definition) is 17. The molecule has 2 aliphatic heterocycles. The highest BCUT2D eigenvalue weighted by Gasteiger charge is 2.59. The first-order valence-electron chi connectivity index (χ1n) is 15.2. The number of carboxylic acid groups (broad SMARTS) is 1. The minimum atomic E-state index is -5.56. The predicted molar refractivity (Wildman–Crippen MR) is 167 cm³/mol. The molecule has 5 rings (SSSR count). The zero-order chi connectivity index (χ0) is 37.2. The first-order chi connectivity index (χ1) is 24.0. The Morgan fingerprint density at radius 3 is 2.53 bits per heavy atom. The molecule has 0 bridgehead atoms. The Balaban J connectivity index is 1.31. The Labute approximate surface area is 287 Å². The summed E-state index contributed by atoms with van der Waals surface area (Å²) in [7, 11) is -5.56. The number of amides is 1. The molecule has 51 heavy (non-hydrogen) atoms. The van der Waals surface area contributed by atoms with Crippen LogP contribution in [-0.2, 0) is 39.2 Å². The maximum absolute atomic E-state index is 13.1. The highest BCUT2D eigenvalue weighted by atomic mass is 31.2. The van der Waals surface area contributed by atoms with Gasteiger partial charge in [-0.25, -0.2) is 23.4 Å². The summed E-state index contributed by atoms with van der Waals surface area (Å²) in [6.07, 6.45) is -13.0. The van der Waals surface area contributed by atoms with Crippen molar-refractivity contribution in [3.8, 4) is 11.3 Å². The lowest BCUT2D eigenvalue weighted by molar-refractivity contribution is -0.288. The average molecular weight is 742 g/mol. The average Bonchev–Trinajstić information content (AvgIpc) is 3.64. The summed E-state index contributed by atoms with van der Waals surface area (Å²) in [5.41, 5.74) is 5.63. The number of aliphatic hydroxyl groups excluding tert-OH is 5. The van der Waals surface area contributed by atoms with Crippen LogP contribution in [0, 0.1) is 0 Å². The molecule has 2 fully saturated rings. The molecule has 278 valence electrons. The molecular formula is C28H36N7O15P. The van der Waals surface area contributed by atoms with Gasteiger partial charge in [0.05, 0.1) is 31.5 Å². The molecule has 23 heteroatoms. The van der Waals surface area contributed by atoms with Gasteiger partial charge in [0.15, 0.2) is 6.23 Å². The number of nitrogens with one attached hydrogen (secondary N) is 1. The molecule has 0 spiro atoms. The van der Waals surface area contributed by atoms with Gasteiger partial charge in [0.1, 0.15) is 48.1 Å². The molecule has 22 nitrogen and oxygen atoms in total. The topological polar surface area (TPSA) is 333 Å². The van der Waals surface area contributed by atoms with Gasteiger partial charge in [-0.2, -0.15) is 4.98 Å². The number of benzene rings is 1. The van der Waals surface area contributed by atoms with Crippen LogP contribution in [0.5, 0.6) is 0 Å². The lowest BCUT2D eigenvalue weighted by atomic mass is 9.88. The van der Waals surface area contributed by atoms with Crippen molar-refractivity contribution in [1.82, 2.24) is 29.9 Å². The lowest BCUT2D eigenvalue weighted by Gasteiger charge is -2.46. The van der Waals surface area contributed by atoms with Gasteiger partial charge < -0.3 is 56.1 Å². The maximum Gasteiger partial charge on any atom is 0.475 e. The normalized spacial score (nSPS) is 30.3. The van der Waals surface area contributed by atoms with Crippen LogP contribution in [0.4, 0.5) is 5.82 Å². The number of phosphoric ester groups is 1. The fourth-order valence-electron chi connectivity index (χ4n) is 5.64. The summed E-state index contributed by atoms with van der Waals surface area (Å²) >= 11 is 0. The first-order valence-corrected chi connectivity index (χ1v) is 16.7. The second-order valence-electron chi connectivity index (χ2n) is 11.8. The quantitative estimate of drug-likeness (QED) is 0.0774. The number of nitrogens with two attached hydrogens (primary N) is 1. The summed E-state index contributed by atoms with van der Waals surface area (Å²) in [4.78, 5) is 50.8. The highest BCUT2D eigenvalue weighted by molar-refractivity contribution is 7.47. The fraction of sp³-hybridized carbons (Fsp3) is 0.500. The molecule has 10 N–H and O–H groups in total. The highest BCUT2D eigenvalue weighted by Crippen LogP contribution is 2.51. The Hall–Kier alpha value is -4.19. The van der Waals surface area contributed by atoms with Crippen molar-refractivity contribution in [2.45, 2.75) is 80.7 Å². The van der Waals surface area contributed by atoms with Gasteiger partial charge >= 0.3 is 19.5 Å². The van der Waals surface area contributed by atoms with Crippen LogP contribution in [0.15, 0.2) is 53.6 Å². The van der Waals surface area contributed by atoms with E-state index < -0.39 is 106 Å². The number of nitrogens with zero attached hydrogens (tertiary/aromatic N) is 5. The Bertz CT molecular complexity index is 1810. The number of anilines is 1. The minimum Gasteiger partial charge on any atom is -0.477 e. The van der Waals surface area contributed by atoms with Crippen molar-refractivity contribution >= 4 is 25.5 Å². The first kappa shape index (κ1) is 38.1. The molecular weight excluding hydrogens is 705 g/mol. The van der Waals surface area contributed by atoms with E-state index in [4.69, 9.17) is 24.3 Å². The molecule has 0 radical (unpaired) electrons. The van der Waals surface area contributed by atoms with Crippen LogP contribution in [0.3, 0.4) is 0 Å². The second-order valence-corrected chi connectivity index (χ2v) is 13.2. The number of rotatable bonds is 13. The number of carbonyl (C=O) groups is 2. The van der Waals surface area contributed by atoms with E-state index in [1.807, 2.05) is 0 Å².